The number of aromatic nitrogens is 2. The van der Waals surface area contributed by atoms with Gasteiger partial charge in [0.25, 0.3) is 0 Å². The van der Waals surface area contributed by atoms with Gasteiger partial charge >= 0.3 is 0 Å². The fourth-order valence-corrected chi connectivity index (χ4v) is 7.94. The third-order valence-corrected chi connectivity index (χ3v) is 8.88. The van der Waals surface area contributed by atoms with Gasteiger partial charge < -0.3 is 9.84 Å². The minimum Gasteiger partial charge on any atom is -0.343 e. The van der Waals surface area contributed by atoms with Crippen LogP contribution in [-0.4, -0.2) is 27.9 Å². The van der Waals surface area contributed by atoms with Gasteiger partial charge in [0, 0.05) is 26.2 Å². The van der Waals surface area contributed by atoms with E-state index in [2.05, 4.69) is 26.3 Å². The highest BCUT2D eigenvalue weighted by molar-refractivity contribution is 5.82. The van der Waals surface area contributed by atoms with Crippen LogP contribution < -0.4 is 16.2 Å². The van der Waals surface area contributed by atoms with Crippen molar-refractivity contribution < 1.29 is 18.9 Å². The average molecular weight is 486 g/mol. The number of aryl methyl sites for hydroxylation is 1. The SMILES string of the molecule is CC(=O)NC1(c2noc(CCC(=O)NNC(=O)CC34CC5CC(CC(C5)C3)C4)n2)CCCCCC1. The Hall–Kier alpha value is -2.45. The van der Waals surface area contributed by atoms with Gasteiger partial charge in [0.15, 0.2) is 5.82 Å². The summed E-state index contributed by atoms with van der Waals surface area (Å²) in [5.74, 6) is 2.77. The molecule has 192 valence electrons. The van der Waals surface area contributed by atoms with Crippen LogP contribution in [0.3, 0.4) is 0 Å². The molecule has 35 heavy (non-hydrogen) atoms. The lowest BCUT2D eigenvalue weighted by Gasteiger charge is -2.56. The molecule has 1 heterocycles. The molecule has 0 unspecified atom stereocenters. The first-order valence-corrected chi connectivity index (χ1v) is 13.5. The standard InChI is InChI=1S/C26H39N5O4/c1-17(32)28-26(8-4-2-3-5-9-26)24-27-23(35-31-24)7-6-21(33)29-30-22(34)16-25-13-18-10-19(14-25)12-20(11-18)15-25/h18-20H,2-16H2,1H3,(H,28,32)(H,29,33)(H,30,34). The molecule has 0 spiro atoms. The van der Waals surface area contributed by atoms with E-state index < -0.39 is 5.54 Å². The monoisotopic (exact) mass is 485 g/mol. The summed E-state index contributed by atoms with van der Waals surface area (Å²) in [5, 5.41) is 7.23. The molecular formula is C26H39N5O4. The minimum absolute atomic E-state index is 0.0917. The van der Waals surface area contributed by atoms with Gasteiger partial charge in [0.1, 0.15) is 5.54 Å². The molecule has 1 aromatic rings. The summed E-state index contributed by atoms with van der Waals surface area (Å²) < 4.78 is 5.42. The minimum atomic E-state index is -0.600. The van der Waals surface area contributed by atoms with E-state index in [1.54, 1.807) is 0 Å². The molecule has 9 heteroatoms. The molecule has 9 nitrogen and oxygen atoms in total. The lowest BCUT2D eigenvalue weighted by molar-refractivity contribution is -0.134. The summed E-state index contributed by atoms with van der Waals surface area (Å²) in [6, 6.07) is 0. The van der Waals surface area contributed by atoms with Crippen molar-refractivity contribution in [2.75, 3.05) is 0 Å². The van der Waals surface area contributed by atoms with Gasteiger partial charge in [0.2, 0.25) is 23.6 Å². The Morgan fingerprint density at radius 1 is 0.914 bits per heavy atom. The largest absolute Gasteiger partial charge is 0.343 e. The number of carbonyl (C=O) groups is 3. The lowest BCUT2D eigenvalue weighted by Crippen LogP contribution is -2.50. The number of hydrazine groups is 1. The van der Waals surface area contributed by atoms with Crippen molar-refractivity contribution in [3.05, 3.63) is 11.7 Å². The Labute approximate surface area is 206 Å². The predicted octanol–water partition coefficient (Wildman–Crippen LogP) is 3.44. The zero-order chi connectivity index (χ0) is 24.5. The fraction of sp³-hybridized carbons (Fsp3) is 0.808. The van der Waals surface area contributed by atoms with Gasteiger partial charge in [-0.1, -0.05) is 30.8 Å². The van der Waals surface area contributed by atoms with Crippen LogP contribution in [0, 0.1) is 23.2 Å². The number of nitrogens with zero attached hydrogens (tertiary/aromatic N) is 2. The van der Waals surface area contributed by atoms with Crippen LogP contribution >= 0.6 is 0 Å². The van der Waals surface area contributed by atoms with Crippen molar-refractivity contribution in [3.8, 4) is 0 Å². The maximum absolute atomic E-state index is 12.6. The number of nitrogens with one attached hydrogen (secondary N) is 3. The van der Waals surface area contributed by atoms with E-state index >= 15 is 0 Å². The smallest absolute Gasteiger partial charge is 0.238 e. The van der Waals surface area contributed by atoms with Crippen molar-refractivity contribution in [1.29, 1.82) is 0 Å². The van der Waals surface area contributed by atoms with Gasteiger partial charge in [-0.3, -0.25) is 25.2 Å². The number of hydrogen-bond acceptors (Lipinski definition) is 6. The van der Waals surface area contributed by atoms with Gasteiger partial charge in [-0.25, -0.2) is 0 Å². The summed E-state index contributed by atoms with van der Waals surface area (Å²) in [5.41, 5.74) is 4.74. The molecule has 5 fully saturated rings. The van der Waals surface area contributed by atoms with Gasteiger partial charge in [-0.15, -0.1) is 0 Å². The van der Waals surface area contributed by atoms with E-state index in [-0.39, 0.29) is 36.0 Å². The Bertz CT molecular complexity index is 914. The first-order valence-electron chi connectivity index (χ1n) is 13.5. The van der Waals surface area contributed by atoms with Crippen molar-refractivity contribution in [2.45, 2.75) is 109 Å². The molecule has 5 aliphatic carbocycles. The number of carbonyl (C=O) groups excluding carboxylic acids is 3. The van der Waals surface area contributed by atoms with Crippen LogP contribution in [0.1, 0.15) is 109 Å². The van der Waals surface area contributed by atoms with Crippen LogP contribution in [0.25, 0.3) is 0 Å². The normalized spacial score (nSPS) is 30.9. The topological polar surface area (TPSA) is 126 Å². The van der Waals surface area contributed by atoms with E-state index in [0.717, 1.165) is 56.3 Å². The van der Waals surface area contributed by atoms with Crippen molar-refractivity contribution in [2.24, 2.45) is 23.2 Å². The van der Waals surface area contributed by atoms with Crippen LogP contribution in [0.4, 0.5) is 0 Å². The van der Waals surface area contributed by atoms with Crippen molar-refractivity contribution in [1.82, 2.24) is 26.3 Å². The summed E-state index contributed by atoms with van der Waals surface area (Å²) in [6.45, 7) is 1.51. The third kappa shape index (κ3) is 5.54. The van der Waals surface area contributed by atoms with Gasteiger partial charge in [-0.05, 0) is 74.5 Å². The maximum Gasteiger partial charge on any atom is 0.238 e. The van der Waals surface area contributed by atoms with E-state index in [0.29, 0.717) is 18.1 Å². The molecule has 3 N–H and O–H groups in total. The molecule has 0 aliphatic heterocycles. The maximum atomic E-state index is 12.6. The number of amides is 3. The highest BCUT2D eigenvalue weighted by Gasteiger charge is 2.51. The van der Waals surface area contributed by atoms with Crippen molar-refractivity contribution >= 4 is 17.7 Å². The first kappa shape index (κ1) is 24.3. The molecule has 0 radical (unpaired) electrons. The second kappa shape index (κ2) is 9.90. The summed E-state index contributed by atoms with van der Waals surface area (Å²) >= 11 is 0. The second-order valence-electron chi connectivity index (χ2n) is 11.9. The van der Waals surface area contributed by atoms with Crippen LogP contribution in [0.2, 0.25) is 0 Å². The van der Waals surface area contributed by atoms with Crippen LogP contribution in [-0.2, 0) is 26.3 Å². The molecule has 6 rings (SSSR count). The Kier molecular flexibility index (Phi) is 6.86. The quantitative estimate of drug-likeness (QED) is 0.401. The summed E-state index contributed by atoms with van der Waals surface area (Å²) in [7, 11) is 0. The van der Waals surface area contributed by atoms with E-state index in [9.17, 15) is 14.4 Å². The molecule has 0 saturated heterocycles. The average Bonchev–Trinajstić information content (AvgIpc) is 3.15. The second-order valence-corrected chi connectivity index (χ2v) is 11.9. The zero-order valence-corrected chi connectivity index (χ0v) is 20.9. The molecular weight excluding hydrogens is 446 g/mol. The first-order chi connectivity index (χ1) is 16.8. The van der Waals surface area contributed by atoms with E-state index in [4.69, 9.17) is 4.52 Å². The Morgan fingerprint density at radius 3 is 2.11 bits per heavy atom. The van der Waals surface area contributed by atoms with Crippen LogP contribution in [0.15, 0.2) is 4.52 Å². The summed E-state index contributed by atoms with van der Waals surface area (Å²) in [6.07, 6.45) is 14.3. The van der Waals surface area contributed by atoms with Crippen molar-refractivity contribution in [3.63, 3.8) is 0 Å². The fourth-order valence-electron chi connectivity index (χ4n) is 7.94. The molecule has 4 bridgehead atoms. The number of rotatable bonds is 7. The molecule has 5 aliphatic rings. The molecule has 3 amide bonds. The highest BCUT2D eigenvalue weighted by atomic mass is 16.5. The van der Waals surface area contributed by atoms with E-state index in [1.807, 2.05) is 0 Å². The lowest BCUT2D eigenvalue weighted by atomic mass is 9.49. The molecule has 5 saturated carbocycles. The van der Waals surface area contributed by atoms with Gasteiger partial charge in [0.05, 0.1) is 0 Å². The third-order valence-electron chi connectivity index (χ3n) is 8.88. The predicted molar refractivity (Wildman–Crippen MR) is 127 cm³/mol. The Balaban J connectivity index is 1.09. The van der Waals surface area contributed by atoms with Crippen LogP contribution in [0.5, 0.6) is 0 Å². The summed E-state index contributed by atoms with van der Waals surface area (Å²) in [4.78, 5) is 41.4. The highest BCUT2D eigenvalue weighted by Crippen LogP contribution is 2.61. The molecule has 0 atom stereocenters. The molecule has 0 aromatic carbocycles. The molecule has 1 aromatic heterocycles. The number of hydrogen-bond donors (Lipinski definition) is 3. The Morgan fingerprint density at radius 2 is 1.51 bits per heavy atom. The van der Waals surface area contributed by atoms with E-state index in [1.165, 1.54) is 45.4 Å². The van der Waals surface area contributed by atoms with Gasteiger partial charge in [-0.2, -0.15) is 4.98 Å². The zero-order valence-electron chi connectivity index (χ0n) is 20.9.